The fourth-order valence-corrected chi connectivity index (χ4v) is 4.39. The summed E-state index contributed by atoms with van der Waals surface area (Å²) in [5.74, 6) is 0.210. The molecule has 1 fully saturated rings. The van der Waals surface area contributed by atoms with E-state index in [1.165, 1.54) is 0 Å². The first-order valence-electron chi connectivity index (χ1n) is 12.3. The number of nitrogens with one attached hydrogen (secondary N) is 1. The highest BCUT2D eigenvalue weighted by atomic mass is 16.5. The molecule has 0 radical (unpaired) electrons. The number of nitrogens with zero attached hydrogens (tertiary/aromatic N) is 2. The topological polar surface area (TPSA) is 99.2 Å². The number of hydrogen-bond acceptors (Lipinski definition) is 5. The molecule has 4 rings (SSSR count). The zero-order valence-corrected chi connectivity index (χ0v) is 20.8. The molecule has 8 heteroatoms. The Balaban J connectivity index is 1.32. The SMILES string of the molecule is CN(CC(=O)Nc1ccc(Oc2ccccc2)cc1)C1CCCCN(Cc2ccc(C(=O)O)cc2)C1=O. The monoisotopic (exact) mass is 501 g/mol. The number of carbonyl (C=O) groups is 3. The molecule has 1 heterocycles. The molecule has 2 amide bonds. The number of hydrogen-bond donors (Lipinski definition) is 2. The number of aromatic carboxylic acids is 1. The molecule has 192 valence electrons. The number of carbonyl (C=O) groups excluding carboxylic acids is 2. The number of carboxylic acid groups (broad SMARTS) is 1. The smallest absolute Gasteiger partial charge is 0.335 e. The second-order valence-corrected chi connectivity index (χ2v) is 9.18. The Bertz CT molecular complexity index is 1210. The number of anilines is 1. The van der Waals surface area contributed by atoms with E-state index in [9.17, 15) is 14.4 Å². The molecule has 0 bridgehead atoms. The van der Waals surface area contributed by atoms with Crippen molar-refractivity contribution in [1.29, 1.82) is 0 Å². The van der Waals surface area contributed by atoms with Crippen LogP contribution in [-0.2, 0) is 16.1 Å². The molecule has 1 saturated heterocycles. The van der Waals surface area contributed by atoms with Gasteiger partial charge in [0.25, 0.3) is 0 Å². The van der Waals surface area contributed by atoms with E-state index in [0.29, 0.717) is 30.9 Å². The predicted molar refractivity (Wildman–Crippen MR) is 141 cm³/mol. The Morgan fingerprint density at radius 1 is 0.973 bits per heavy atom. The molecule has 2 N–H and O–H groups in total. The fourth-order valence-electron chi connectivity index (χ4n) is 4.39. The van der Waals surface area contributed by atoms with Crippen LogP contribution in [0.5, 0.6) is 11.5 Å². The van der Waals surface area contributed by atoms with Crippen LogP contribution in [0, 0.1) is 0 Å². The van der Waals surface area contributed by atoms with Crippen molar-refractivity contribution < 1.29 is 24.2 Å². The summed E-state index contributed by atoms with van der Waals surface area (Å²) in [7, 11) is 1.80. The van der Waals surface area contributed by atoms with Gasteiger partial charge < -0.3 is 20.1 Å². The summed E-state index contributed by atoms with van der Waals surface area (Å²) in [6.45, 7) is 1.12. The molecule has 0 spiro atoms. The number of ether oxygens (including phenoxy) is 1. The van der Waals surface area contributed by atoms with Crippen molar-refractivity contribution >= 4 is 23.5 Å². The van der Waals surface area contributed by atoms with Gasteiger partial charge >= 0.3 is 5.97 Å². The number of benzene rings is 3. The van der Waals surface area contributed by atoms with Gasteiger partial charge in [0, 0.05) is 18.8 Å². The van der Waals surface area contributed by atoms with Gasteiger partial charge in [-0.15, -0.1) is 0 Å². The number of rotatable bonds is 9. The third-order valence-electron chi connectivity index (χ3n) is 6.37. The highest BCUT2D eigenvalue weighted by Gasteiger charge is 2.31. The Labute approximate surface area is 216 Å². The molecule has 8 nitrogen and oxygen atoms in total. The summed E-state index contributed by atoms with van der Waals surface area (Å²) in [6, 6.07) is 22.8. The third-order valence-corrected chi connectivity index (χ3v) is 6.37. The molecular weight excluding hydrogens is 470 g/mol. The number of carboxylic acids is 1. The zero-order valence-electron chi connectivity index (χ0n) is 20.8. The van der Waals surface area contributed by atoms with Crippen LogP contribution in [-0.4, -0.2) is 58.9 Å². The maximum Gasteiger partial charge on any atom is 0.335 e. The van der Waals surface area contributed by atoms with E-state index in [4.69, 9.17) is 9.84 Å². The van der Waals surface area contributed by atoms with Gasteiger partial charge in [0.1, 0.15) is 11.5 Å². The number of likely N-dealkylation sites (N-methyl/N-ethyl adjacent to an activating group) is 1. The minimum atomic E-state index is -0.978. The van der Waals surface area contributed by atoms with E-state index in [2.05, 4.69) is 5.32 Å². The Kier molecular flexibility index (Phi) is 8.53. The van der Waals surface area contributed by atoms with Crippen molar-refractivity contribution in [3.63, 3.8) is 0 Å². The summed E-state index contributed by atoms with van der Waals surface area (Å²) in [5, 5.41) is 12.0. The van der Waals surface area contributed by atoms with Crippen LogP contribution in [0.4, 0.5) is 5.69 Å². The summed E-state index contributed by atoms with van der Waals surface area (Å²) in [5.41, 5.74) is 1.74. The zero-order chi connectivity index (χ0) is 26.2. The van der Waals surface area contributed by atoms with E-state index >= 15 is 0 Å². The first-order valence-corrected chi connectivity index (χ1v) is 12.3. The molecule has 0 aromatic heterocycles. The van der Waals surface area contributed by atoms with E-state index in [0.717, 1.165) is 24.2 Å². The van der Waals surface area contributed by atoms with E-state index in [1.807, 2.05) is 30.3 Å². The van der Waals surface area contributed by atoms with Crippen LogP contribution in [0.2, 0.25) is 0 Å². The van der Waals surface area contributed by atoms with Gasteiger partial charge in [-0.2, -0.15) is 0 Å². The molecule has 1 aliphatic heterocycles. The molecule has 3 aromatic rings. The average Bonchev–Trinajstić information content (AvgIpc) is 3.07. The van der Waals surface area contributed by atoms with Gasteiger partial charge in [-0.05, 0) is 80.4 Å². The van der Waals surface area contributed by atoms with Crippen molar-refractivity contribution in [2.75, 3.05) is 25.5 Å². The molecule has 1 unspecified atom stereocenters. The Hall–Kier alpha value is -4.17. The largest absolute Gasteiger partial charge is 0.478 e. The van der Waals surface area contributed by atoms with E-state index in [-0.39, 0.29) is 23.9 Å². The second kappa shape index (κ2) is 12.2. The van der Waals surface area contributed by atoms with Gasteiger partial charge in [-0.25, -0.2) is 4.79 Å². The van der Waals surface area contributed by atoms with Gasteiger partial charge in [-0.1, -0.05) is 30.3 Å². The second-order valence-electron chi connectivity index (χ2n) is 9.18. The molecule has 3 aromatic carbocycles. The number of para-hydroxylation sites is 1. The van der Waals surface area contributed by atoms with Crippen LogP contribution >= 0.6 is 0 Å². The molecular formula is C29H31N3O5. The molecule has 37 heavy (non-hydrogen) atoms. The lowest BCUT2D eigenvalue weighted by Gasteiger charge is -2.30. The van der Waals surface area contributed by atoms with Gasteiger partial charge in [0.05, 0.1) is 18.2 Å². The van der Waals surface area contributed by atoms with Crippen LogP contribution < -0.4 is 10.1 Å². The first-order chi connectivity index (χ1) is 17.9. The lowest BCUT2D eigenvalue weighted by atomic mass is 10.1. The van der Waals surface area contributed by atoms with E-state index in [1.54, 1.807) is 65.4 Å². The minimum Gasteiger partial charge on any atom is -0.478 e. The highest BCUT2D eigenvalue weighted by molar-refractivity contribution is 5.93. The predicted octanol–water partition coefficient (Wildman–Crippen LogP) is 4.63. The Morgan fingerprint density at radius 3 is 2.32 bits per heavy atom. The van der Waals surface area contributed by atoms with Gasteiger partial charge in [-0.3, -0.25) is 14.5 Å². The quantitative estimate of drug-likeness (QED) is 0.444. The lowest BCUT2D eigenvalue weighted by molar-refractivity contribution is -0.137. The molecule has 1 atom stereocenters. The van der Waals surface area contributed by atoms with Crippen LogP contribution in [0.25, 0.3) is 0 Å². The molecule has 0 saturated carbocycles. The van der Waals surface area contributed by atoms with Crippen molar-refractivity contribution in [1.82, 2.24) is 9.80 Å². The van der Waals surface area contributed by atoms with E-state index < -0.39 is 12.0 Å². The molecule has 0 aliphatic carbocycles. The van der Waals surface area contributed by atoms with Gasteiger partial charge in [0.2, 0.25) is 11.8 Å². The van der Waals surface area contributed by atoms with Crippen LogP contribution in [0.15, 0.2) is 78.9 Å². The standard InChI is InChI=1S/C29H31N3O5/c1-31(20-27(33)30-23-14-16-25(17-15-23)37-24-7-3-2-4-8-24)26-9-5-6-18-32(28(26)34)19-21-10-12-22(13-11-21)29(35)36/h2-4,7-8,10-17,26H,5-6,9,18-20H2,1H3,(H,30,33)(H,35,36). The maximum absolute atomic E-state index is 13.3. The average molecular weight is 502 g/mol. The summed E-state index contributed by atoms with van der Waals surface area (Å²) in [6.07, 6.45) is 2.45. The van der Waals surface area contributed by atoms with Crippen molar-refractivity contribution in [3.05, 3.63) is 90.0 Å². The maximum atomic E-state index is 13.3. The minimum absolute atomic E-state index is 0.0162. The Morgan fingerprint density at radius 2 is 1.65 bits per heavy atom. The lowest BCUT2D eigenvalue weighted by Crippen LogP contribution is -2.48. The van der Waals surface area contributed by atoms with Crippen molar-refractivity contribution in [3.8, 4) is 11.5 Å². The van der Waals surface area contributed by atoms with Gasteiger partial charge in [0.15, 0.2) is 0 Å². The summed E-state index contributed by atoms with van der Waals surface area (Å²) < 4.78 is 5.79. The van der Waals surface area contributed by atoms with Crippen LogP contribution in [0.1, 0.15) is 35.2 Å². The number of amides is 2. The fraction of sp³-hybridized carbons (Fsp3) is 0.276. The highest BCUT2D eigenvalue weighted by Crippen LogP contribution is 2.23. The van der Waals surface area contributed by atoms with Crippen LogP contribution in [0.3, 0.4) is 0 Å². The summed E-state index contributed by atoms with van der Waals surface area (Å²) in [4.78, 5) is 40.8. The number of likely N-dealkylation sites (tertiary alicyclic amines) is 1. The van der Waals surface area contributed by atoms with Crippen molar-refractivity contribution in [2.24, 2.45) is 0 Å². The third kappa shape index (κ3) is 7.17. The first kappa shape index (κ1) is 25.9. The molecule has 1 aliphatic rings. The summed E-state index contributed by atoms with van der Waals surface area (Å²) >= 11 is 0. The van der Waals surface area contributed by atoms with Crippen molar-refractivity contribution in [2.45, 2.75) is 31.8 Å². The normalized spacial score (nSPS) is 15.8.